The molecule has 3 N–H and O–H groups in total. The molecule has 0 spiro atoms. The molecular weight excluding hydrogens is 176 g/mol. The quantitative estimate of drug-likeness (QED) is 0.734. The van der Waals surface area contributed by atoms with E-state index in [9.17, 15) is 4.79 Å². The molecule has 0 aliphatic heterocycles. The van der Waals surface area contributed by atoms with Gasteiger partial charge in [0, 0.05) is 0 Å². The Kier molecular flexibility index (Phi) is 2.32. The first-order chi connectivity index (χ1) is 5.52. The SMILES string of the molecule is CC(C)c1nc(N)sc1C(=O)O. The molecule has 0 saturated carbocycles. The fourth-order valence-corrected chi connectivity index (χ4v) is 1.72. The fraction of sp³-hybridized carbons (Fsp3) is 0.429. The maximum Gasteiger partial charge on any atom is 0.347 e. The summed E-state index contributed by atoms with van der Waals surface area (Å²) in [6.45, 7) is 3.78. The average molecular weight is 186 g/mol. The molecule has 1 heterocycles. The number of aromatic nitrogens is 1. The van der Waals surface area contributed by atoms with Crippen molar-refractivity contribution in [3.05, 3.63) is 10.6 Å². The summed E-state index contributed by atoms with van der Waals surface area (Å²) in [5.74, 6) is -0.849. The first-order valence-electron chi connectivity index (χ1n) is 3.52. The number of hydrogen-bond acceptors (Lipinski definition) is 4. The van der Waals surface area contributed by atoms with Crippen LogP contribution in [0.25, 0.3) is 0 Å². The number of rotatable bonds is 2. The summed E-state index contributed by atoms with van der Waals surface area (Å²) in [5.41, 5.74) is 5.97. The molecule has 0 amide bonds. The van der Waals surface area contributed by atoms with Crippen LogP contribution in [0.15, 0.2) is 0 Å². The smallest absolute Gasteiger partial charge is 0.347 e. The van der Waals surface area contributed by atoms with Crippen molar-refractivity contribution in [3.8, 4) is 0 Å². The van der Waals surface area contributed by atoms with Gasteiger partial charge in [0.25, 0.3) is 0 Å². The Balaban J connectivity index is 3.17. The molecular formula is C7H10N2O2S. The molecule has 5 heteroatoms. The first-order valence-corrected chi connectivity index (χ1v) is 4.33. The molecule has 1 aromatic heterocycles. The van der Waals surface area contributed by atoms with E-state index in [4.69, 9.17) is 10.8 Å². The van der Waals surface area contributed by atoms with Crippen molar-refractivity contribution in [1.29, 1.82) is 0 Å². The van der Waals surface area contributed by atoms with E-state index in [1.54, 1.807) is 0 Å². The number of carboxylic acids is 1. The molecule has 0 fully saturated rings. The summed E-state index contributed by atoms with van der Waals surface area (Å²) in [7, 11) is 0. The Morgan fingerprint density at radius 2 is 2.25 bits per heavy atom. The van der Waals surface area contributed by atoms with Crippen LogP contribution >= 0.6 is 11.3 Å². The predicted molar refractivity (Wildman–Crippen MR) is 47.6 cm³/mol. The van der Waals surface area contributed by atoms with E-state index in [2.05, 4.69) is 4.98 Å². The lowest BCUT2D eigenvalue weighted by Gasteiger charge is -1.99. The summed E-state index contributed by atoms with van der Waals surface area (Å²) >= 11 is 1.02. The number of thiazole rings is 1. The lowest BCUT2D eigenvalue weighted by molar-refractivity contribution is 0.0700. The number of nitrogen functional groups attached to an aromatic ring is 1. The van der Waals surface area contributed by atoms with E-state index in [1.807, 2.05) is 13.8 Å². The zero-order valence-electron chi connectivity index (χ0n) is 6.87. The molecule has 4 nitrogen and oxygen atoms in total. The lowest BCUT2D eigenvalue weighted by Crippen LogP contribution is -2.00. The van der Waals surface area contributed by atoms with Crippen molar-refractivity contribution in [2.45, 2.75) is 19.8 Å². The Bertz CT molecular complexity index is 306. The van der Waals surface area contributed by atoms with Gasteiger partial charge in [0.15, 0.2) is 5.13 Å². The summed E-state index contributed by atoms with van der Waals surface area (Å²) in [6, 6.07) is 0. The van der Waals surface area contributed by atoms with Crippen LogP contribution in [0, 0.1) is 0 Å². The minimum absolute atomic E-state index is 0.102. The average Bonchev–Trinajstić information content (AvgIpc) is 2.31. The van der Waals surface area contributed by atoms with Gasteiger partial charge in [0.2, 0.25) is 0 Å². The highest BCUT2D eigenvalue weighted by atomic mass is 32.1. The molecule has 0 aliphatic carbocycles. The molecule has 1 aromatic rings. The van der Waals surface area contributed by atoms with E-state index < -0.39 is 5.97 Å². The van der Waals surface area contributed by atoms with Crippen LogP contribution < -0.4 is 5.73 Å². The van der Waals surface area contributed by atoms with E-state index in [0.717, 1.165) is 11.3 Å². The van der Waals surface area contributed by atoms with Crippen LogP contribution in [0.5, 0.6) is 0 Å². The zero-order valence-corrected chi connectivity index (χ0v) is 7.68. The molecule has 0 aromatic carbocycles. The van der Waals surface area contributed by atoms with Crippen molar-refractivity contribution >= 4 is 22.4 Å². The highest BCUT2D eigenvalue weighted by molar-refractivity contribution is 7.17. The summed E-state index contributed by atoms with van der Waals surface area (Å²) in [6.07, 6.45) is 0. The normalized spacial score (nSPS) is 10.6. The minimum Gasteiger partial charge on any atom is -0.477 e. The van der Waals surface area contributed by atoms with E-state index in [1.165, 1.54) is 0 Å². The molecule has 0 radical (unpaired) electrons. The number of aromatic carboxylic acids is 1. The molecule has 0 atom stereocenters. The molecule has 66 valence electrons. The molecule has 12 heavy (non-hydrogen) atoms. The molecule has 0 saturated heterocycles. The van der Waals surface area contributed by atoms with Gasteiger partial charge in [-0.05, 0) is 5.92 Å². The number of hydrogen-bond donors (Lipinski definition) is 2. The predicted octanol–water partition coefficient (Wildman–Crippen LogP) is 1.55. The Morgan fingerprint density at radius 3 is 2.58 bits per heavy atom. The van der Waals surface area contributed by atoms with Crippen LogP contribution in [0.2, 0.25) is 0 Å². The van der Waals surface area contributed by atoms with Gasteiger partial charge < -0.3 is 10.8 Å². The largest absolute Gasteiger partial charge is 0.477 e. The monoisotopic (exact) mass is 186 g/mol. The number of carbonyl (C=O) groups is 1. The second-order valence-electron chi connectivity index (χ2n) is 2.73. The van der Waals surface area contributed by atoms with Gasteiger partial charge in [0.1, 0.15) is 4.88 Å². The third-order valence-corrected chi connectivity index (χ3v) is 2.30. The van der Waals surface area contributed by atoms with E-state index >= 15 is 0 Å². The van der Waals surface area contributed by atoms with Crippen LogP contribution in [-0.4, -0.2) is 16.1 Å². The van der Waals surface area contributed by atoms with Crippen molar-refractivity contribution < 1.29 is 9.90 Å². The third kappa shape index (κ3) is 1.55. The number of nitrogens with zero attached hydrogens (tertiary/aromatic N) is 1. The zero-order chi connectivity index (χ0) is 9.30. The minimum atomic E-state index is -0.951. The third-order valence-electron chi connectivity index (χ3n) is 1.41. The maximum absolute atomic E-state index is 10.7. The van der Waals surface area contributed by atoms with Crippen LogP contribution in [0.3, 0.4) is 0 Å². The van der Waals surface area contributed by atoms with Crippen molar-refractivity contribution in [1.82, 2.24) is 4.98 Å². The molecule has 0 aliphatic rings. The summed E-state index contributed by atoms with van der Waals surface area (Å²) in [5, 5.41) is 9.06. The van der Waals surface area contributed by atoms with Gasteiger partial charge in [-0.2, -0.15) is 0 Å². The second-order valence-corrected chi connectivity index (χ2v) is 3.76. The maximum atomic E-state index is 10.7. The van der Waals surface area contributed by atoms with Crippen LogP contribution in [-0.2, 0) is 0 Å². The first kappa shape index (κ1) is 8.99. The Hall–Kier alpha value is -1.10. The van der Waals surface area contributed by atoms with E-state index in [0.29, 0.717) is 10.8 Å². The van der Waals surface area contributed by atoms with Crippen molar-refractivity contribution in [2.24, 2.45) is 0 Å². The topological polar surface area (TPSA) is 76.2 Å². The van der Waals surface area contributed by atoms with Crippen molar-refractivity contribution in [3.63, 3.8) is 0 Å². The highest BCUT2D eigenvalue weighted by Gasteiger charge is 2.17. The summed E-state index contributed by atoms with van der Waals surface area (Å²) < 4.78 is 0. The Labute approximate surface area is 74.0 Å². The molecule has 1 rings (SSSR count). The van der Waals surface area contributed by atoms with Gasteiger partial charge in [0.05, 0.1) is 5.69 Å². The second kappa shape index (κ2) is 3.10. The van der Waals surface area contributed by atoms with Gasteiger partial charge in [-0.3, -0.25) is 0 Å². The fourth-order valence-electron chi connectivity index (χ4n) is 0.894. The molecule has 0 bridgehead atoms. The van der Waals surface area contributed by atoms with Crippen molar-refractivity contribution in [2.75, 3.05) is 5.73 Å². The number of anilines is 1. The number of nitrogens with two attached hydrogens (primary N) is 1. The van der Waals surface area contributed by atoms with E-state index in [-0.39, 0.29) is 10.8 Å². The number of carboxylic acid groups (broad SMARTS) is 1. The van der Waals surface area contributed by atoms with Gasteiger partial charge in [-0.1, -0.05) is 25.2 Å². The standard InChI is InChI=1S/C7H10N2O2S/c1-3(2)4-5(6(10)11)12-7(8)9-4/h3H,1-2H3,(H2,8,9)(H,10,11). The lowest BCUT2D eigenvalue weighted by atomic mass is 10.1. The molecule has 0 unspecified atom stereocenters. The van der Waals surface area contributed by atoms with Gasteiger partial charge in [-0.15, -0.1) is 0 Å². The van der Waals surface area contributed by atoms with Crippen LogP contribution in [0.4, 0.5) is 5.13 Å². The summed E-state index contributed by atoms with van der Waals surface area (Å²) in [4.78, 5) is 14.9. The van der Waals surface area contributed by atoms with Crippen LogP contribution in [0.1, 0.15) is 35.1 Å². The van der Waals surface area contributed by atoms with Gasteiger partial charge >= 0.3 is 5.97 Å². The van der Waals surface area contributed by atoms with Gasteiger partial charge in [-0.25, -0.2) is 9.78 Å². The Morgan fingerprint density at radius 1 is 1.67 bits per heavy atom. The highest BCUT2D eigenvalue weighted by Crippen LogP contribution is 2.26.